The number of rotatable bonds is 6. The number of aliphatic hydroxyl groups is 1. The van der Waals surface area contributed by atoms with Crippen molar-refractivity contribution in [2.24, 2.45) is 5.92 Å². The summed E-state index contributed by atoms with van der Waals surface area (Å²) in [5, 5.41) is 13.2. The van der Waals surface area contributed by atoms with Gasteiger partial charge in [0.05, 0.1) is 12.1 Å². The number of nitrogens with zero attached hydrogens (tertiary/aromatic N) is 1. The highest BCUT2D eigenvalue weighted by molar-refractivity contribution is 5.21. The third kappa shape index (κ3) is 3.93. The van der Waals surface area contributed by atoms with Crippen LogP contribution in [0.2, 0.25) is 0 Å². The van der Waals surface area contributed by atoms with Gasteiger partial charge < -0.3 is 10.4 Å². The van der Waals surface area contributed by atoms with Crippen molar-refractivity contribution in [3.05, 3.63) is 65.5 Å². The molecule has 1 aromatic carbocycles. The minimum absolute atomic E-state index is 0.0929. The van der Waals surface area contributed by atoms with E-state index in [1.54, 1.807) is 6.20 Å². The van der Waals surface area contributed by atoms with E-state index < -0.39 is 17.7 Å². The minimum Gasteiger partial charge on any atom is -0.387 e. The zero-order valence-corrected chi connectivity index (χ0v) is 13.0. The first-order valence-corrected chi connectivity index (χ1v) is 7.87. The van der Waals surface area contributed by atoms with Gasteiger partial charge in [0.1, 0.15) is 11.6 Å². The number of aromatic nitrogens is 1. The Labute approximate surface area is 139 Å². The Morgan fingerprint density at radius 3 is 2.96 bits per heavy atom. The topological polar surface area (TPSA) is 69.2 Å². The molecule has 2 heterocycles. The molecule has 128 valence electrons. The summed E-state index contributed by atoms with van der Waals surface area (Å²) in [6.45, 7) is 1.60. The Balaban J connectivity index is 1.54. The highest BCUT2D eigenvalue weighted by Crippen LogP contribution is 2.24. The van der Waals surface area contributed by atoms with Gasteiger partial charge in [-0.25, -0.2) is 14.2 Å². The molecule has 0 aliphatic carbocycles. The highest BCUT2D eigenvalue weighted by Gasteiger charge is 2.28. The fraction of sp³-hybridized carbons (Fsp3) is 0.353. The summed E-state index contributed by atoms with van der Waals surface area (Å²) in [5.74, 6) is -1.12. The fourth-order valence-electron chi connectivity index (χ4n) is 2.93. The monoisotopic (exact) mass is 334 g/mol. The van der Waals surface area contributed by atoms with Crippen LogP contribution < -0.4 is 16.2 Å². The summed E-state index contributed by atoms with van der Waals surface area (Å²) in [6.07, 6.45) is 2.53. The molecule has 0 bridgehead atoms. The molecule has 1 saturated heterocycles. The number of halogens is 2. The van der Waals surface area contributed by atoms with Crippen LogP contribution in [-0.4, -0.2) is 29.7 Å². The van der Waals surface area contributed by atoms with Crippen LogP contribution in [0.25, 0.3) is 0 Å². The van der Waals surface area contributed by atoms with E-state index >= 15 is 0 Å². The molecule has 0 radical (unpaired) electrons. The molecular formula is C17H20F2N4O. The van der Waals surface area contributed by atoms with E-state index in [0.717, 1.165) is 24.2 Å². The van der Waals surface area contributed by atoms with Crippen molar-refractivity contribution in [2.45, 2.75) is 12.1 Å². The molecule has 1 aliphatic heterocycles. The van der Waals surface area contributed by atoms with Gasteiger partial charge in [-0.1, -0.05) is 12.1 Å². The lowest BCUT2D eigenvalue weighted by Crippen LogP contribution is -2.31. The maximum absolute atomic E-state index is 13.7. The molecule has 3 rings (SSSR count). The zero-order chi connectivity index (χ0) is 16.9. The van der Waals surface area contributed by atoms with Gasteiger partial charge in [-0.3, -0.25) is 10.4 Å². The Morgan fingerprint density at radius 2 is 2.21 bits per heavy atom. The molecule has 1 fully saturated rings. The molecular weight excluding hydrogens is 314 g/mol. The molecule has 0 amide bonds. The van der Waals surface area contributed by atoms with E-state index in [1.807, 2.05) is 18.3 Å². The highest BCUT2D eigenvalue weighted by atomic mass is 19.1. The van der Waals surface area contributed by atoms with Crippen LogP contribution in [-0.2, 0) is 0 Å². The second kappa shape index (κ2) is 7.76. The van der Waals surface area contributed by atoms with E-state index in [2.05, 4.69) is 21.2 Å². The molecule has 0 saturated carbocycles. The number of aliphatic hydroxyl groups excluding tert-OH is 1. The predicted molar refractivity (Wildman–Crippen MR) is 85.8 cm³/mol. The lowest BCUT2D eigenvalue weighted by molar-refractivity contribution is 0.167. The Kier molecular flexibility index (Phi) is 5.47. The zero-order valence-electron chi connectivity index (χ0n) is 13.0. The van der Waals surface area contributed by atoms with Crippen LogP contribution in [0, 0.1) is 17.6 Å². The van der Waals surface area contributed by atoms with E-state index in [4.69, 9.17) is 0 Å². The molecule has 1 aromatic heterocycles. The Bertz CT molecular complexity index is 671. The normalized spacial score (nSPS) is 21.8. The van der Waals surface area contributed by atoms with Gasteiger partial charge in [-0.05, 0) is 17.7 Å². The quantitative estimate of drug-likeness (QED) is 0.644. The number of hydrogen-bond acceptors (Lipinski definition) is 5. The van der Waals surface area contributed by atoms with Crippen LogP contribution in [0.4, 0.5) is 8.78 Å². The molecule has 3 atom stereocenters. The summed E-state index contributed by atoms with van der Waals surface area (Å²) in [7, 11) is 0. The number of hydrazine groups is 1. The van der Waals surface area contributed by atoms with Crippen LogP contribution >= 0.6 is 0 Å². The molecule has 0 spiro atoms. The van der Waals surface area contributed by atoms with Crippen LogP contribution in [0.1, 0.15) is 23.3 Å². The number of pyridine rings is 1. The van der Waals surface area contributed by atoms with Gasteiger partial charge in [0.25, 0.3) is 0 Å². The molecule has 2 aromatic rings. The van der Waals surface area contributed by atoms with Crippen LogP contribution in [0.3, 0.4) is 0 Å². The first-order valence-electron chi connectivity index (χ1n) is 7.87. The lowest BCUT2D eigenvalue weighted by atomic mass is 9.96. The maximum Gasteiger partial charge on any atom is 0.131 e. The summed E-state index contributed by atoms with van der Waals surface area (Å²) < 4.78 is 26.6. The van der Waals surface area contributed by atoms with Gasteiger partial charge in [0, 0.05) is 49.6 Å². The fourth-order valence-corrected chi connectivity index (χ4v) is 2.93. The first-order chi connectivity index (χ1) is 11.6. The van der Waals surface area contributed by atoms with E-state index in [-0.39, 0.29) is 24.1 Å². The summed E-state index contributed by atoms with van der Waals surface area (Å²) in [5.41, 5.74) is 7.51. The number of hydrogen-bond donors (Lipinski definition) is 4. The average molecular weight is 334 g/mol. The molecule has 3 unspecified atom stereocenters. The van der Waals surface area contributed by atoms with E-state index in [0.29, 0.717) is 6.54 Å². The molecule has 1 aliphatic rings. The van der Waals surface area contributed by atoms with Gasteiger partial charge in [-0.2, -0.15) is 0 Å². The van der Waals surface area contributed by atoms with Gasteiger partial charge in [-0.15, -0.1) is 0 Å². The predicted octanol–water partition coefficient (Wildman–Crippen LogP) is 1.45. The van der Waals surface area contributed by atoms with Crippen molar-refractivity contribution in [3.8, 4) is 0 Å². The van der Waals surface area contributed by atoms with Gasteiger partial charge in [0.2, 0.25) is 0 Å². The van der Waals surface area contributed by atoms with Gasteiger partial charge in [0.15, 0.2) is 0 Å². The van der Waals surface area contributed by atoms with Crippen molar-refractivity contribution in [1.29, 1.82) is 0 Å². The van der Waals surface area contributed by atoms with Crippen LogP contribution in [0.15, 0.2) is 42.7 Å². The Hall–Kier alpha value is -1.93. The van der Waals surface area contributed by atoms with Crippen molar-refractivity contribution >= 4 is 0 Å². The van der Waals surface area contributed by atoms with Gasteiger partial charge >= 0.3 is 0 Å². The van der Waals surface area contributed by atoms with Crippen molar-refractivity contribution in [1.82, 2.24) is 21.2 Å². The summed E-state index contributed by atoms with van der Waals surface area (Å²) in [6, 6.07) is 7.21. The minimum atomic E-state index is -1.02. The Morgan fingerprint density at radius 1 is 1.33 bits per heavy atom. The van der Waals surface area contributed by atoms with E-state index in [9.17, 15) is 13.9 Å². The van der Waals surface area contributed by atoms with Crippen molar-refractivity contribution in [3.63, 3.8) is 0 Å². The van der Waals surface area contributed by atoms with E-state index in [1.165, 1.54) is 6.07 Å². The SMILES string of the molecule is OC(CNCC1CNNC1c1cccnc1)c1ccc(F)cc1F. The van der Waals surface area contributed by atoms with Crippen molar-refractivity contribution in [2.75, 3.05) is 19.6 Å². The molecule has 5 nitrogen and oxygen atoms in total. The third-order valence-electron chi connectivity index (χ3n) is 4.20. The smallest absolute Gasteiger partial charge is 0.131 e. The average Bonchev–Trinajstić information content (AvgIpc) is 3.04. The van der Waals surface area contributed by atoms with Crippen LogP contribution in [0.5, 0.6) is 0 Å². The largest absolute Gasteiger partial charge is 0.387 e. The second-order valence-electron chi connectivity index (χ2n) is 5.89. The first kappa shape index (κ1) is 16.9. The molecule has 24 heavy (non-hydrogen) atoms. The maximum atomic E-state index is 13.7. The third-order valence-corrected chi connectivity index (χ3v) is 4.20. The molecule has 7 heteroatoms. The standard InChI is InChI=1S/C17H20F2N4O/c18-13-3-4-14(15(19)6-13)16(24)10-21-8-12-9-22-23-17(12)11-2-1-5-20-7-11/h1-7,12,16-17,21-24H,8-10H2. The second-order valence-corrected chi connectivity index (χ2v) is 5.89. The van der Waals surface area contributed by atoms with Crippen molar-refractivity contribution < 1.29 is 13.9 Å². The molecule has 4 N–H and O–H groups in total. The lowest BCUT2D eigenvalue weighted by Gasteiger charge is -2.20. The number of benzene rings is 1. The number of nitrogens with one attached hydrogen (secondary N) is 3. The summed E-state index contributed by atoms with van der Waals surface area (Å²) >= 11 is 0. The summed E-state index contributed by atoms with van der Waals surface area (Å²) in [4.78, 5) is 4.13.